The molecule has 1 unspecified atom stereocenters. The van der Waals surface area contributed by atoms with Crippen molar-refractivity contribution >= 4 is 16.8 Å². The molecule has 1 aliphatic heterocycles. The fourth-order valence-electron chi connectivity index (χ4n) is 3.77. The number of hydrogen-bond acceptors (Lipinski definition) is 4. The summed E-state index contributed by atoms with van der Waals surface area (Å²) in [5, 5.41) is 4.87. The number of benzene rings is 1. The Bertz CT molecular complexity index is 1070. The third-order valence-corrected chi connectivity index (χ3v) is 5.05. The molecule has 1 atom stereocenters. The Kier molecular flexibility index (Phi) is 3.86. The lowest BCUT2D eigenvalue weighted by molar-refractivity contribution is 0.0716. The Balaban J connectivity index is 1.79. The molecule has 3 heterocycles. The van der Waals surface area contributed by atoms with Crippen LogP contribution in [0.2, 0.25) is 0 Å². The molecule has 134 valence electrons. The average molecular weight is 351 g/mol. The van der Waals surface area contributed by atoms with Gasteiger partial charge in [0.1, 0.15) is 11.5 Å². The number of carbonyl (C=O) groups excluding carboxylic acids is 1. The number of rotatable bonds is 2. The number of para-hydroxylation sites is 1. The number of carbonyl (C=O) groups is 1. The van der Waals surface area contributed by atoms with E-state index in [-0.39, 0.29) is 17.5 Å². The first-order valence-electron chi connectivity index (χ1n) is 8.74. The largest absolute Gasteiger partial charge is 0.327 e. The molecule has 0 radical (unpaired) electrons. The van der Waals surface area contributed by atoms with Crippen molar-refractivity contribution in [2.24, 2.45) is 14.1 Å². The van der Waals surface area contributed by atoms with Crippen LogP contribution in [0.3, 0.4) is 0 Å². The maximum Gasteiger partial charge on any atom is 0.272 e. The molecule has 26 heavy (non-hydrogen) atoms. The maximum atomic E-state index is 13.1. The highest BCUT2D eigenvalue weighted by atomic mass is 16.2. The highest BCUT2D eigenvalue weighted by Gasteiger charge is 2.34. The second-order valence-corrected chi connectivity index (χ2v) is 6.80. The molecule has 0 aliphatic carbocycles. The van der Waals surface area contributed by atoms with Gasteiger partial charge in [-0.1, -0.05) is 12.1 Å². The van der Waals surface area contributed by atoms with E-state index >= 15 is 0 Å². The molecular weight excluding hydrogens is 330 g/mol. The van der Waals surface area contributed by atoms with Gasteiger partial charge in [-0.15, -0.1) is 0 Å². The Morgan fingerprint density at radius 2 is 2.00 bits per heavy atom. The van der Waals surface area contributed by atoms with E-state index in [1.165, 1.54) is 0 Å². The Morgan fingerprint density at radius 3 is 2.73 bits per heavy atom. The number of likely N-dealkylation sites (tertiary alicyclic amines) is 1. The lowest BCUT2D eigenvalue weighted by atomic mass is 10.1. The topological polar surface area (TPSA) is 73.0 Å². The monoisotopic (exact) mass is 351 g/mol. The minimum Gasteiger partial charge on any atom is -0.327 e. The van der Waals surface area contributed by atoms with Crippen LogP contribution >= 0.6 is 0 Å². The van der Waals surface area contributed by atoms with Crippen LogP contribution in [-0.4, -0.2) is 36.7 Å². The molecule has 1 fully saturated rings. The van der Waals surface area contributed by atoms with Crippen LogP contribution in [0, 0.1) is 6.92 Å². The Hall–Kier alpha value is -2.96. The van der Waals surface area contributed by atoms with E-state index < -0.39 is 0 Å². The van der Waals surface area contributed by atoms with Gasteiger partial charge in [0.15, 0.2) is 0 Å². The molecule has 4 rings (SSSR count). The van der Waals surface area contributed by atoms with Gasteiger partial charge >= 0.3 is 0 Å². The summed E-state index contributed by atoms with van der Waals surface area (Å²) >= 11 is 0. The number of aromatic nitrogens is 4. The second kappa shape index (κ2) is 6.09. The highest BCUT2D eigenvalue weighted by Crippen LogP contribution is 2.32. The van der Waals surface area contributed by atoms with Crippen LogP contribution in [0.5, 0.6) is 0 Å². The molecule has 0 saturated carbocycles. The summed E-state index contributed by atoms with van der Waals surface area (Å²) in [7, 11) is 3.50. The van der Waals surface area contributed by atoms with Crippen molar-refractivity contribution in [2.75, 3.05) is 6.54 Å². The van der Waals surface area contributed by atoms with Gasteiger partial charge in [-0.2, -0.15) is 5.10 Å². The number of nitrogens with zero attached hydrogens (tertiary/aromatic N) is 5. The van der Waals surface area contributed by atoms with Crippen molar-refractivity contribution in [2.45, 2.75) is 25.8 Å². The van der Waals surface area contributed by atoms with Gasteiger partial charge in [0.25, 0.3) is 11.5 Å². The molecule has 1 aromatic carbocycles. The SMILES string of the molecule is Cc1cc(C(=O)N2CCCC2c2nc3ccccc3c(=O)n2C)n(C)n1. The van der Waals surface area contributed by atoms with Crippen LogP contribution in [0.1, 0.15) is 40.9 Å². The third kappa shape index (κ3) is 2.51. The molecule has 3 aromatic rings. The van der Waals surface area contributed by atoms with Crippen LogP contribution in [0.15, 0.2) is 35.1 Å². The summed E-state index contributed by atoms with van der Waals surface area (Å²) < 4.78 is 3.19. The normalized spacial score (nSPS) is 17.2. The fourth-order valence-corrected chi connectivity index (χ4v) is 3.77. The van der Waals surface area contributed by atoms with E-state index in [0.717, 1.165) is 18.5 Å². The van der Waals surface area contributed by atoms with E-state index in [1.54, 1.807) is 35.5 Å². The third-order valence-electron chi connectivity index (χ3n) is 5.05. The van der Waals surface area contributed by atoms with Gasteiger partial charge in [0, 0.05) is 20.6 Å². The van der Waals surface area contributed by atoms with Crippen molar-refractivity contribution in [3.63, 3.8) is 0 Å². The van der Waals surface area contributed by atoms with E-state index in [2.05, 4.69) is 5.10 Å². The second-order valence-electron chi connectivity index (χ2n) is 6.80. The summed E-state index contributed by atoms with van der Waals surface area (Å²) in [6.45, 7) is 2.52. The van der Waals surface area contributed by atoms with Crippen molar-refractivity contribution in [1.29, 1.82) is 0 Å². The van der Waals surface area contributed by atoms with Crippen LogP contribution in [0.4, 0.5) is 0 Å². The van der Waals surface area contributed by atoms with Crippen molar-refractivity contribution in [3.05, 3.63) is 57.9 Å². The van der Waals surface area contributed by atoms with Crippen molar-refractivity contribution < 1.29 is 4.79 Å². The predicted molar refractivity (Wildman–Crippen MR) is 97.9 cm³/mol. The number of hydrogen-bond donors (Lipinski definition) is 0. The number of amides is 1. The summed E-state index contributed by atoms with van der Waals surface area (Å²) in [5.41, 5.74) is 1.95. The predicted octanol–water partition coefficient (Wildman–Crippen LogP) is 1.95. The molecule has 7 heteroatoms. The van der Waals surface area contributed by atoms with Crippen molar-refractivity contribution in [3.8, 4) is 0 Å². The van der Waals surface area contributed by atoms with Gasteiger partial charge in [0.05, 0.1) is 22.6 Å². The molecule has 0 bridgehead atoms. The fraction of sp³-hybridized carbons (Fsp3) is 0.368. The summed E-state index contributed by atoms with van der Waals surface area (Å²) in [5.74, 6) is 0.566. The zero-order valence-corrected chi connectivity index (χ0v) is 15.1. The Morgan fingerprint density at radius 1 is 1.23 bits per heavy atom. The molecule has 1 aliphatic rings. The Labute approximate surface area is 150 Å². The molecule has 7 nitrogen and oxygen atoms in total. The maximum absolute atomic E-state index is 13.1. The molecule has 2 aromatic heterocycles. The summed E-state index contributed by atoms with van der Waals surface area (Å²) in [4.78, 5) is 32.3. The molecule has 1 saturated heterocycles. The molecule has 0 spiro atoms. The van der Waals surface area contributed by atoms with Gasteiger partial charge < -0.3 is 4.90 Å². The number of fused-ring (bicyclic) bond motifs is 1. The first-order valence-corrected chi connectivity index (χ1v) is 8.74. The zero-order valence-electron chi connectivity index (χ0n) is 15.1. The van der Waals surface area contributed by atoms with Crippen LogP contribution in [-0.2, 0) is 14.1 Å². The van der Waals surface area contributed by atoms with Crippen LogP contribution in [0.25, 0.3) is 10.9 Å². The molecule has 0 N–H and O–H groups in total. The molecule has 1 amide bonds. The minimum atomic E-state index is -0.208. The quantitative estimate of drug-likeness (QED) is 0.707. The van der Waals surface area contributed by atoms with E-state index in [9.17, 15) is 9.59 Å². The van der Waals surface area contributed by atoms with E-state index in [1.807, 2.05) is 30.0 Å². The van der Waals surface area contributed by atoms with E-state index in [0.29, 0.717) is 29.0 Å². The van der Waals surface area contributed by atoms with Gasteiger partial charge in [-0.3, -0.25) is 18.8 Å². The van der Waals surface area contributed by atoms with Crippen molar-refractivity contribution in [1.82, 2.24) is 24.2 Å². The minimum absolute atomic E-state index is 0.0713. The average Bonchev–Trinajstić information content (AvgIpc) is 3.24. The number of aryl methyl sites for hydroxylation is 2. The summed E-state index contributed by atoms with van der Waals surface area (Å²) in [6, 6.07) is 8.91. The van der Waals surface area contributed by atoms with Gasteiger partial charge in [0.2, 0.25) is 0 Å². The lowest BCUT2D eigenvalue weighted by Crippen LogP contribution is -2.35. The highest BCUT2D eigenvalue weighted by molar-refractivity contribution is 5.93. The smallest absolute Gasteiger partial charge is 0.272 e. The summed E-state index contributed by atoms with van der Waals surface area (Å²) in [6.07, 6.45) is 1.68. The first-order chi connectivity index (χ1) is 12.5. The van der Waals surface area contributed by atoms with Gasteiger partial charge in [-0.05, 0) is 38.0 Å². The standard InChI is InChI=1S/C19H21N5O2/c1-12-11-16(23(3)21-12)19(26)24-10-6-9-15(24)17-20-14-8-5-4-7-13(14)18(25)22(17)2/h4-5,7-8,11,15H,6,9-10H2,1-3H3. The van der Waals surface area contributed by atoms with E-state index in [4.69, 9.17) is 4.98 Å². The first kappa shape index (κ1) is 16.5. The lowest BCUT2D eigenvalue weighted by Gasteiger charge is -2.25. The zero-order chi connectivity index (χ0) is 18.4. The van der Waals surface area contributed by atoms with Crippen LogP contribution < -0.4 is 5.56 Å². The molecular formula is C19H21N5O2. The van der Waals surface area contributed by atoms with Gasteiger partial charge in [-0.25, -0.2) is 4.98 Å².